The van der Waals surface area contributed by atoms with Crippen LogP contribution in [0.3, 0.4) is 0 Å². The van der Waals surface area contributed by atoms with E-state index in [2.05, 4.69) is 47.6 Å². The first-order chi connectivity index (χ1) is 20.0. The molecule has 9 heteroatoms. The molecule has 9 nitrogen and oxygen atoms in total. The molecule has 0 saturated heterocycles. The predicted octanol–water partition coefficient (Wildman–Crippen LogP) is 3.85. The maximum atomic E-state index is 12.6. The number of quaternary nitrogens is 2. The molecule has 0 unspecified atom stereocenters. The van der Waals surface area contributed by atoms with Gasteiger partial charge in [0.2, 0.25) is 11.6 Å². The molecule has 0 atom stereocenters. The lowest BCUT2D eigenvalue weighted by Crippen LogP contribution is -2.42. The fraction of sp³-hybridized carbons (Fsp3) is 0.657. The zero-order valence-electron chi connectivity index (χ0n) is 30.3. The molecule has 0 aromatic carbocycles. The van der Waals surface area contributed by atoms with E-state index in [9.17, 15) is 19.2 Å². The van der Waals surface area contributed by atoms with Crippen molar-refractivity contribution in [2.45, 2.75) is 55.4 Å². The summed E-state index contributed by atoms with van der Waals surface area (Å²) in [5.74, 6) is 0.0621. The Morgan fingerprint density at radius 1 is 0.659 bits per heavy atom. The van der Waals surface area contributed by atoms with Crippen LogP contribution in [0.15, 0.2) is 45.9 Å². The molecule has 2 aliphatic carbocycles. The van der Waals surface area contributed by atoms with Crippen LogP contribution in [-0.4, -0.2) is 108 Å². The van der Waals surface area contributed by atoms with Crippen LogP contribution in [0.25, 0.3) is 0 Å². The van der Waals surface area contributed by atoms with Crippen molar-refractivity contribution in [2.75, 3.05) is 75.6 Å². The Kier molecular flexibility index (Phi) is 16.4. The second-order valence-electron chi connectivity index (χ2n) is 14.7. The number of hydrogen-bond acceptors (Lipinski definition) is 7. The Labute approximate surface area is 267 Å². The van der Waals surface area contributed by atoms with Crippen molar-refractivity contribution in [3.63, 3.8) is 0 Å². The molecule has 2 rings (SSSR count). The first kappa shape index (κ1) is 41.1. The summed E-state index contributed by atoms with van der Waals surface area (Å²) in [5, 5.41) is 3.20. The lowest BCUT2D eigenvalue weighted by atomic mass is 9.82. The maximum absolute atomic E-state index is 12.6. The van der Waals surface area contributed by atoms with Crippen LogP contribution in [0.2, 0.25) is 0 Å². The smallest absolute Gasteiger partial charge is 0.221 e. The number of Topliss-reactive ketones (excluding diaryl/α,β-unsaturated/α-hetero) is 2. The van der Waals surface area contributed by atoms with Crippen LogP contribution in [0, 0.1) is 23.7 Å². The van der Waals surface area contributed by atoms with Gasteiger partial charge in [-0.15, -0.1) is 0 Å². The monoisotopic (exact) mass is 618 g/mol. The van der Waals surface area contributed by atoms with Crippen molar-refractivity contribution in [1.29, 1.82) is 0 Å². The molecule has 0 bridgehead atoms. The number of nitrogens with two attached hydrogens (primary N) is 1. The molecule has 0 amide bonds. The fourth-order valence-electron chi connectivity index (χ4n) is 4.57. The number of allylic oxidation sites excluding steroid dienone is 6. The van der Waals surface area contributed by atoms with E-state index in [1.165, 1.54) is 19.3 Å². The van der Waals surface area contributed by atoms with Gasteiger partial charge in [0, 0.05) is 28.8 Å². The van der Waals surface area contributed by atoms with Gasteiger partial charge in [0.15, 0.2) is 17.3 Å². The molecule has 0 fully saturated rings. The zero-order valence-corrected chi connectivity index (χ0v) is 30.3. The van der Waals surface area contributed by atoms with Crippen molar-refractivity contribution in [1.82, 2.24) is 5.32 Å². The van der Waals surface area contributed by atoms with Crippen LogP contribution in [0.4, 0.5) is 0 Å². The molecule has 2 aliphatic rings. The standard InChI is InChI=1S/C17H28N2O2.C13H18O3.C5H15N2/c1-11(2)13-10-14(20)16(15(12(3)4)17(13)21)18-8-9-19(5,6)7;1-7(2)9-6-10(14)13(16-5)11(8(3)4)12(9)15;1-7(2,3)5-4-6/h10-12H,8-9H2,1-7H3;6-8H,1-5H3;4-6H2,1-3H3/q;;+1/p+1. The summed E-state index contributed by atoms with van der Waals surface area (Å²) in [4.78, 5) is 48.9. The van der Waals surface area contributed by atoms with Gasteiger partial charge in [0.1, 0.15) is 0 Å². The minimum absolute atomic E-state index is 0.00569. The van der Waals surface area contributed by atoms with Crippen molar-refractivity contribution < 1.29 is 32.9 Å². The third kappa shape index (κ3) is 13.0. The molecular weight excluding hydrogens is 556 g/mol. The van der Waals surface area contributed by atoms with Crippen molar-refractivity contribution in [3.8, 4) is 0 Å². The van der Waals surface area contributed by atoms with Gasteiger partial charge in [-0.1, -0.05) is 55.4 Å². The zero-order chi connectivity index (χ0) is 34.7. The van der Waals surface area contributed by atoms with Crippen molar-refractivity contribution in [3.05, 3.63) is 45.9 Å². The largest absolute Gasteiger partial charge is 0.492 e. The predicted molar refractivity (Wildman–Crippen MR) is 179 cm³/mol. The summed E-state index contributed by atoms with van der Waals surface area (Å²) in [7, 11) is 14.1. The number of ketones is 4. The number of hydrogen-bond donors (Lipinski definition) is 2. The van der Waals surface area contributed by atoms with Crippen molar-refractivity contribution >= 4 is 23.1 Å². The number of nitrogens with zero attached hydrogens (tertiary/aromatic N) is 2. The van der Waals surface area contributed by atoms with Crippen molar-refractivity contribution in [2.24, 2.45) is 29.4 Å². The number of likely N-dealkylation sites (N-methyl/N-ethyl adjacent to an activating group) is 2. The van der Waals surface area contributed by atoms with Gasteiger partial charge >= 0.3 is 0 Å². The molecule has 0 saturated carbocycles. The van der Waals surface area contributed by atoms with Gasteiger partial charge in [-0.2, -0.15) is 0 Å². The number of rotatable bonds is 11. The minimum Gasteiger partial charge on any atom is -0.492 e. The summed E-state index contributed by atoms with van der Waals surface area (Å²) in [6, 6.07) is 0. The minimum atomic E-state index is -0.200. The second-order valence-corrected chi connectivity index (χ2v) is 14.7. The van der Waals surface area contributed by atoms with Gasteiger partial charge < -0.3 is 24.8 Å². The highest BCUT2D eigenvalue weighted by atomic mass is 16.5. The summed E-state index contributed by atoms with van der Waals surface area (Å²) in [6.07, 6.45) is 2.91. The maximum Gasteiger partial charge on any atom is 0.221 e. The normalized spacial score (nSPS) is 16.3. The SMILES string of the molecule is CC(C)C1=CC(=O)C(NCC[N+](C)(C)C)=C(C(C)C)C1=O.COC1=C(C(C)C)C(=O)C(C(C)C)=CC1=O.C[N+](C)(C)CCN. The Morgan fingerprint density at radius 3 is 1.39 bits per heavy atom. The molecule has 44 heavy (non-hydrogen) atoms. The van der Waals surface area contributed by atoms with Gasteiger partial charge in [0.05, 0.1) is 74.7 Å². The topological polar surface area (TPSA) is 116 Å². The Bertz CT molecular complexity index is 1170. The lowest BCUT2D eigenvalue weighted by Gasteiger charge is -2.27. The molecule has 3 N–H and O–H groups in total. The van der Waals surface area contributed by atoms with Gasteiger partial charge in [0.25, 0.3) is 0 Å². The summed E-state index contributed by atoms with van der Waals surface area (Å²) >= 11 is 0. The molecule has 0 spiro atoms. The lowest BCUT2D eigenvalue weighted by molar-refractivity contribution is -0.869. The fourth-order valence-corrected chi connectivity index (χ4v) is 4.57. The van der Waals surface area contributed by atoms with Crippen LogP contribution < -0.4 is 11.1 Å². The average molecular weight is 619 g/mol. The highest BCUT2D eigenvalue weighted by Gasteiger charge is 2.33. The quantitative estimate of drug-likeness (QED) is 0.267. The van der Waals surface area contributed by atoms with Crippen LogP contribution in [-0.2, 0) is 23.9 Å². The van der Waals surface area contributed by atoms with E-state index in [-0.39, 0.29) is 52.6 Å². The Balaban J connectivity index is 0.000000708. The van der Waals surface area contributed by atoms with Gasteiger partial charge in [-0.3, -0.25) is 19.2 Å². The summed E-state index contributed by atoms with van der Waals surface area (Å²) < 4.78 is 6.82. The van der Waals surface area contributed by atoms with E-state index in [1.54, 1.807) is 0 Å². The van der Waals surface area contributed by atoms with E-state index in [0.717, 1.165) is 28.6 Å². The molecule has 0 heterocycles. The molecule has 0 aromatic heterocycles. The van der Waals surface area contributed by atoms with Crippen LogP contribution in [0.1, 0.15) is 55.4 Å². The molecule has 0 aliphatic heterocycles. The molecule has 250 valence electrons. The molecule has 0 aromatic rings. The highest BCUT2D eigenvalue weighted by molar-refractivity contribution is 6.23. The van der Waals surface area contributed by atoms with Gasteiger partial charge in [-0.25, -0.2) is 0 Å². The molecule has 0 radical (unpaired) electrons. The number of ether oxygens (including phenoxy) is 1. The van der Waals surface area contributed by atoms with E-state index in [0.29, 0.717) is 34.5 Å². The van der Waals surface area contributed by atoms with E-state index in [4.69, 9.17) is 10.5 Å². The third-order valence-corrected chi connectivity index (χ3v) is 7.06. The summed E-state index contributed by atoms with van der Waals surface area (Å²) in [6.45, 7) is 18.8. The Hall–Kier alpha value is -2.88. The first-order valence-corrected chi connectivity index (χ1v) is 15.7. The molecular formula is C35H62N4O5+2. The van der Waals surface area contributed by atoms with Crippen LogP contribution in [0.5, 0.6) is 0 Å². The van der Waals surface area contributed by atoms with E-state index < -0.39 is 0 Å². The van der Waals surface area contributed by atoms with Gasteiger partial charge in [-0.05, 0) is 35.8 Å². The number of nitrogens with one attached hydrogen (secondary N) is 1. The second kappa shape index (κ2) is 17.6. The van der Waals surface area contributed by atoms with E-state index >= 15 is 0 Å². The first-order valence-electron chi connectivity index (χ1n) is 15.7. The van der Waals surface area contributed by atoms with E-state index in [1.807, 2.05) is 55.4 Å². The third-order valence-electron chi connectivity index (χ3n) is 7.06. The number of carbonyl (C=O) groups excluding carboxylic acids is 4. The van der Waals surface area contributed by atoms with Crippen LogP contribution >= 0.6 is 0 Å². The summed E-state index contributed by atoms with van der Waals surface area (Å²) in [5.41, 5.74) is 8.13. The Morgan fingerprint density at radius 2 is 1.07 bits per heavy atom. The number of methoxy groups -OCH3 is 1. The average Bonchev–Trinajstić information content (AvgIpc) is 2.85. The highest BCUT2D eigenvalue weighted by Crippen LogP contribution is 2.29. The number of carbonyl (C=O) groups is 4.